The zero-order valence-electron chi connectivity index (χ0n) is 11.7. The number of ether oxygens (including phenoxy) is 1. The average molecular weight is 297 g/mol. The first-order chi connectivity index (χ1) is 9.69. The Morgan fingerprint density at radius 3 is 2.90 bits per heavy atom. The minimum absolute atomic E-state index is 0.0519. The number of rotatable bonds is 8. The summed E-state index contributed by atoms with van der Waals surface area (Å²) in [7, 11) is 0. The highest BCUT2D eigenvalue weighted by molar-refractivity contribution is 6.32. The minimum atomic E-state index is -0.0519. The average Bonchev–Trinajstić information content (AvgIpc) is 3.22. The van der Waals surface area contributed by atoms with E-state index in [1.165, 1.54) is 12.8 Å². The third-order valence-corrected chi connectivity index (χ3v) is 3.39. The van der Waals surface area contributed by atoms with Crippen molar-refractivity contribution in [2.24, 2.45) is 5.92 Å². The number of benzene rings is 1. The molecule has 1 aliphatic rings. The van der Waals surface area contributed by atoms with E-state index in [2.05, 4.69) is 10.6 Å². The van der Waals surface area contributed by atoms with Gasteiger partial charge in [0.2, 0.25) is 5.91 Å². The van der Waals surface area contributed by atoms with Crippen molar-refractivity contribution in [2.75, 3.05) is 25.0 Å². The molecule has 20 heavy (non-hydrogen) atoms. The molecular formula is C15H21ClN2O2. The van der Waals surface area contributed by atoms with Crippen LogP contribution in [0.3, 0.4) is 0 Å². The standard InChI is InChI=1S/C15H21ClN2O2/c1-2-7-20-14-6-5-12(8-13(14)16)18-15(19)10-17-9-11-3-4-11/h5-6,8,11,17H,2-4,7,9-10H2,1H3,(H,18,19). The monoisotopic (exact) mass is 296 g/mol. The van der Waals surface area contributed by atoms with Gasteiger partial charge in [0.15, 0.2) is 0 Å². The van der Waals surface area contributed by atoms with Crippen molar-refractivity contribution >= 4 is 23.2 Å². The fraction of sp³-hybridized carbons (Fsp3) is 0.533. The zero-order chi connectivity index (χ0) is 14.4. The molecule has 0 unspecified atom stereocenters. The molecule has 0 bridgehead atoms. The van der Waals surface area contributed by atoms with Crippen molar-refractivity contribution in [1.82, 2.24) is 5.32 Å². The van der Waals surface area contributed by atoms with Crippen molar-refractivity contribution in [3.05, 3.63) is 23.2 Å². The van der Waals surface area contributed by atoms with Crippen LogP contribution in [0.1, 0.15) is 26.2 Å². The van der Waals surface area contributed by atoms with Crippen LogP contribution < -0.4 is 15.4 Å². The van der Waals surface area contributed by atoms with Crippen molar-refractivity contribution in [2.45, 2.75) is 26.2 Å². The summed E-state index contributed by atoms with van der Waals surface area (Å²) in [5, 5.41) is 6.49. The number of anilines is 1. The predicted molar refractivity (Wildman–Crippen MR) is 81.5 cm³/mol. The summed E-state index contributed by atoms with van der Waals surface area (Å²) in [6, 6.07) is 5.30. The zero-order valence-corrected chi connectivity index (χ0v) is 12.5. The summed E-state index contributed by atoms with van der Waals surface area (Å²) in [6.07, 6.45) is 3.49. The lowest BCUT2D eigenvalue weighted by molar-refractivity contribution is -0.115. The molecule has 2 rings (SSSR count). The Labute approximate surface area is 124 Å². The molecule has 0 saturated heterocycles. The normalized spacial score (nSPS) is 14.1. The first-order valence-electron chi connectivity index (χ1n) is 7.12. The molecule has 0 heterocycles. The lowest BCUT2D eigenvalue weighted by atomic mass is 10.3. The van der Waals surface area contributed by atoms with E-state index in [0.717, 1.165) is 18.9 Å². The maximum absolute atomic E-state index is 11.7. The van der Waals surface area contributed by atoms with Crippen molar-refractivity contribution in [3.63, 3.8) is 0 Å². The van der Waals surface area contributed by atoms with Crippen molar-refractivity contribution in [3.8, 4) is 5.75 Å². The van der Waals surface area contributed by atoms with Crippen molar-refractivity contribution in [1.29, 1.82) is 0 Å². The quantitative estimate of drug-likeness (QED) is 0.775. The van der Waals surface area contributed by atoms with Crippen LogP contribution in [0.5, 0.6) is 5.75 Å². The van der Waals surface area contributed by atoms with Crippen LogP contribution in [0.2, 0.25) is 5.02 Å². The molecule has 0 aliphatic heterocycles. The molecule has 1 saturated carbocycles. The maximum Gasteiger partial charge on any atom is 0.238 e. The molecule has 2 N–H and O–H groups in total. The number of carbonyl (C=O) groups excluding carboxylic acids is 1. The Hall–Kier alpha value is -1.26. The fourth-order valence-electron chi connectivity index (χ4n) is 1.82. The Morgan fingerprint density at radius 1 is 1.45 bits per heavy atom. The Balaban J connectivity index is 1.78. The molecule has 1 aromatic rings. The van der Waals surface area contributed by atoms with Crippen LogP contribution in [0.25, 0.3) is 0 Å². The Morgan fingerprint density at radius 2 is 2.25 bits per heavy atom. The molecule has 1 fully saturated rings. The summed E-state index contributed by atoms with van der Waals surface area (Å²) >= 11 is 6.11. The van der Waals surface area contributed by atoms with E-state index in [9.17, 15) is 4.79 Å². The van der Waals surface area contributed by atoms with Gasteiger partial charge >= 0.3 is 0 Å². The number of carbonyl (C=O) groups is 1. The minimum Gasteiger partial charge on any atom is -0.492 e. The largest absolute Gasteiger partial charge is 0.492 e. The third kappa shape index (κ3) is 5.02. The predicted octanol–water partition coefficient (Wildman–Crippen LogP) is 3.07. The highest BCUT2D eigenvalue weighted by atomic mass is 35.5. The number of hydrogen-bond acceptors (Lipinski definition) is 3. The van der Waals surface area contributed by atoms with E-state index in [4.69, 9.17) is 16.3 Å². The first kappa shape index (κ1) is 15.1. The van der Waals surface area contributed by atoms with Gasteiger partial charge in [-0.25, -0.2) is 0 Å². The molecule has 1 aromatic carbocycles. The van der Waals surface area contributed by atoms with Gasteiger partial charge in [-0.05, 0) is 49.9 Å². The number of hydrogen-bond donors (Lipinski definition) is 2. The Kier molecular flexibility index (Phi) is 5.68. The second-order valence-electron chi connectivity index (χ2n) is 5.12. The molecule has 1 amide bonds. The molecule has 0 aromatic heterocycles. The highest BCUT2D eigenvalue weighted by Crippen LogP contribution is 2.28. The smallest absolute Gasteiger partial charge is 0.238 e. The van der Waals surface area contributed by atoms with Crippen LogP contribution >= 0.6 is 11.6 Å². The first-order valence-corrected chi connectivity index (χ1v) is 7.49. The lowest BCUT2D eigenvalue weighted by Gasteiger charge is -2.10. The highest BCUT2D eigenvalue weighted by Gasteiger charge is 2.20. The van der Waals surface area contributed by atoms with Crippen LogP contribution in [0.4, 0.5) is 5.69 Å². The molecule has 5 heteroatoms. The summed E-state index contributed by atoms with van der Waals surface area (Å²) in [4.78, 5) is 11.7. The summed E-state index contributed by atoms with van der Waals surface area (Å²) in [5.41, 5.74) is 0.692. The Bertz CT molecular complexity index is 461. The van der Waals surface area contributed by atoms with Crippen LogP contribution in [0.15, 0.2) is 18.2 Å². The molecule has 1 aliphatic carbocycles. The summed E-state index contributed by atoms with van der Waals surface area (Å²) in [5.74, 6) is 1.37. The van der Waals surface area contributed by atoms with Gasteiger partial charge < -0.3 is 15.4 Å². The number of amides is 1. The van der Waals surface area contributed by atoms with Gasteiger partial charge in [-0.15, -0.1) is 0 Å². The second-order valence-corrected chi connectivity index (χ2v) is 5.52. The van der Waals surface area contributed by atoms with Gasteiger partial charge in [0.25, 0.3) is 0 Å². The molecule has 0 radical (unpaired) electrons. The number of nitrogens with one attached hydrogen (secondary N) is 2. The summed E-state index contributed by atoms with van der Waals surface area (Å²) in [6.45, 7) is 3.94. The second kappa shape index (κ2) is 7.50. The van der Waals surface area contributed by atoms with Gasteiger partial charge in [0, 0.05) is 5.69 Å². The topological polar surface area (TPSA) is 50.4 Å². The van der Waals surface area contributed by atoms with E-state index >= 15 is 0 Å². The van der Waals surface area contributed by atoms with Gasteiger partial charge in [-0.2, -0.15) is 0 Å². The van der Waals surface area contributed by atoms with Crippen molar-refractivity contribution < 1.29 is 9.53 Å². The van der Waals surface area contributed by atoms with E-state index in [1.807, 2.05) is 6.92 Å². The molecular weight excluding hydrogens is 276 g/mol. The van der Waals surface area contributed by atoms with Gasteiger partial charge in [-0.3, -0.25) is 4.79 Å². The summed E-state index contributed by atoms with van der Waals surface area (Å²) < 4.78 is 5.49. The van der Waals surface area contributed by atoms with Crippen LogP contribution in [-0.4, -0.2) is 25.6 Å². The van der Waals surface area contributed by atoms with E-state index in [0.29, 0.717) is 29.6 Å². The van der Waals surface area contributed by atoms with E-state index < -0.39 is 0 Å². The molecule has 0 atom stereocenters. The third-order valence-electron chi connectivity index (χ3n) is 3.09. The number of halogens is 1. The molecule has 4 nitrogen and oxygen atoms in total. The van der Waals surface area contributed by atoms with Crippen LogP contribution in [-0.2, 0) is 4.79 Å². The molecule has 0 spiro atoms. The van der Waals surface area contributed by atoms with Gasteiger partial charge in [-0.1, -0.05) is 18.5 Å². The van der Waals surface area contributed by atoms with E-state index in [-0.39, 0.29) is 5.91 Å². The van der Waals surface area contributed by atoms with E-state index in [1.54, 1.807) is 18.2 Å². The fourth-order valence-corrected chi connectivity index (χ4v) is 2.06. The maximum atomic E-state index is 11.7. The van der Waals surface area contributed by atoms with Crippen LogP contribution in [0, 0.1) is 5.92 Å². The lowest BCUT2D eigenvalue weighted by Crippen LogP contribution is -2.29. The van der Waals surface area contributed by atoms with Gasteiger partial charge in [0.05, 0.1) is 18.2 Å². The SMILES string of the molecule is CCCOc1ccc(NC(=O)CNCC2CC2)cc1Cl. The molecule has 110 valence electrons. The van der Waals surface area contributed by atoms with Gasteiger partial charge in [0.1, 0.15) is 5.75 Å².